The Balaban J connectivity index is 3.02. The van der Waals surface area contributed by atoms with Crippen molar-refractivity contribution in [3.63, 3.8) is 0 Å². The summed E-state index contributed by atoms with van der Waals surface area (Å²) in [4.78, 5) is 24.1. The molecule has 1 amide bonds. The fraction of sp³-hybridized carbons (Fsp3) is 0.333. The molecule has 0 fully saturated rings. The summed E-state index contributed by atoms with van der Waals surface area (Å²) < 4.78 is 12.9. The largest absolute Gasteiger partial charge is 0.480 e. The number of amides is 1. The number of hydrogen-bond donors (Lipinski definition) is 1. The van der Waals surface area contributed by atoms with E-state index in [4.69, 9.17) is 16.7 Å². The average Bonchev–Trinajstić information content (AvgIpc) is 2.28. The lowest BCUT2D eigenvalue weighted by molar-refractivity contribution is -0.142. The monoisotopic (exact) mass is 273 g/mol. The minimum Gasteiger partial charge on any atom is -0.480 e. The van der Waals surface area contributed by atoms with Crippen LogP contribution in [0.1, 0.15) is 23.7 Å². The number of carboxylic acids is 1. The molecule has 0 aliphatic carbocycles. The second-order valence-electron chi connectivity index (χ2n) is 3.80. The Labute approximate surface area is 109 Å². The van der Waals surface area contributed by atoms with E-state index in [0.717, 1.165) is 17.0 Å². The van der Waals surface area contributed by atoms with Crippen molar-refractivity contribution < 1.29 is 19.1 Å². The second-order valence-corrected chi connectivity index (χ2v) is 4.21. The molecule has 1 atom stereocenters. The van der Waals surface area contributed by atoms with E-state index in [1.807, 2.05) is 0 Å². The number of halogens is 2. The van der Waals surface area contributed by atoms with E-state index in [9.17, 15) is 14.0 Å². The van der Waals surface area contributed by atoms with Crippen LogP contribution < -0.4 is 0 Å². The Bertz CT molecular complexity index is 478. The third-order valence-corrected chi connectivity index (χ3v) is 2.93. The predicted molar refractivity (Wildman–Crippen MR) is 65.2 cm³/mol. The summed E-state index contributed by atoms with van der Waals surface area (Å²) in [6, 6.07) is 2.43. The molecule has 0 saturated carbocycles. The lowest BCUT2D eigenvalue weighted by atomic mass is 10.1. The molecule has 0 spiro atoms. The number of nitrogens with zero attached hydrogens (tertiary/aromatic N) is 1. The highest BCUT2D eigenvalue weighted by molar-refractivity contribution is 6.33. The number of aliphatic carboxylic acids is 1. The summed E-state index contributed by atoms with van der Waals surface area (Å²) in [6.07, 6.45) is 0.274. The summed E-state index contributed by atoms with van der Waals surface area (Å²) >= 11 is 5.76. The minimum absolute atomic E-state index is 0.0351. The maximum Gasteiger partial charge on any atom is 0.326 e. The van der Waals surface area contributed by atoms with Crippen molar-refractivity contribution in [2.75, 3.05) is 7.05 Å². The number of benzene rings is 1. The van der Waals surface area contributed by atoms with Crippen molar-refractivity contribution in [2.24, 2.45) is 0 Å². The molecule has 18 heavy (non-hydrogen) atoms. The van der Waals surface area contributed by atoms with Gasteiger partial charge in [-0.15, -0.1) is 0 Å². The molecule has 0 bridgehead atoms. The van der Waals surface area contributed by atoms with E-state index in [2.05, 4.69) is 0 Å². The van der Waals surface area contributed by atoms with Crippen LogP contribution in [0.25, 0.3) is 0 Å². The third-order valence-electron chi connectivity index (χ3n) is 2.62. The zero-order valence-corrected chi connectivity index (χ0v) is 10.7. The van der Waals surface area contributed by atoms with E-state index in [1.165, 1.54) is 13.1 Å². The number of rotatable bonds is 4. The lowest BCUT2D eigenvalue weighted by Crippen LogP contribution is -2.42. The van der Waals surface area contributed by atoms with Crippen LogP contribution in [0.3, 0.4) is 0 Å². The summed E-state index contributed by atoms with van der Waals surface area (Å²) in [5.41, 5.74) is 0.0836. The highest BCUT2D eigenvalue weighted by Crippen LogP contribution is 2.20. The zero-order valence-electron chi connectivity index (χ0n) is 9.98. The Morgan fingerprint density at radius 1 is 1.50 bits per heavy atom. The molecule has 0 aromatic heterocycles. The second kappa shape index (κ2) is 5.82. The Morgan fingerprint density at radius 2 is 2.11 bits per heavy atom. The Morgan fingerprint density at radius 3 is 2.56 bits per heavy atom. The van der Waals surface area contributed by atoms with Gasteiger partial charge in [0.2, 0.25) is 0 Å². The summed E-state index contributed by atoms with van der Waals surface area (Å²) in [6.45, 7) is 1.66. The van der Waals surface area contributed by atoms with Gasteiger partial charge in [-0.05, 0) is 24.6 Å². The highest BCUT2D eigenvalue weighted by atomic mass is 35.5. The predicted octanol–water partition coefficient (Wildman–Crippen LogP) is 2.41. The molecule has 0 radical (unpaired) electrons. The van der Waals surface area contributed by atoms with Gasteiger partial charge in [0.15, 0.2) is 0 Å². The van der Waals surface area contributed by atoms with E-state index < -0.39 is 23.7 Å². The van der Waals surface area contributed by atoms with E-state index in [-0.39, 0.29) is 17.0 Å². The van der Waals surface area contributed by atoms with Crippen LogP contribution in [0.15, 0.2) is 18.2 Å². The number of likely N-dealkylation sites (N-methyl/N-ethyl adjacent to an activating group) is 1. The van der Waals surface area contributed by atoms with Crippen molar-refractivity contribution >= 4 is 23.5 Å². The van der Waals surface area contributed by atoms with Gasteiger partial charge in [0.25, 0.3) is 5.91 Å². The first-order valence-electron chi connectivity index (χ1n) is 5.33. The van der Waals surface area contributed by atoms with Gasteiger partial charge in [-0.25, -0.2) is 9.18 Å². The first-order chi connectivity index (χ1) is 8.38. The van der Waals surface area contributed by atoms with Crippen molar-refractivity contribution in [1.82, 2.24) is 4.90 Å². The van der Waals surface area contributed by atoms with Gasteiger partial charge in [0, 0.05) is 7.05 Å². The fourth-order valence-electron chi connectivity index (χ4n) is 1.61. The van der Waals surface area contributed by atoms with Gasteiger partial charge >= 0.3 is 5.97 Å². The molecule has 1 rings (SSSR count). The molecular formula is C12H13ClFNO3. The van der Waals surface area contributed by atoms with Crippen LogP contribution in [-0.4, -0.2) is 35.0 Å². The Hall–Kier alpha value is -1.62. The van der Waals surface area contributed by atoms with Crippen molar-refractivity contribution in [1.29, 1.82) is 0 Å². The van der Waals surface area contributed by atoms with Gasteiger partial charge in [0.05, 0.1) is 10.6 Å². The lowest BCUT2D eigenvalue weighted by Gasteiger charge is -2.24. The normalized spacial score (nSPS) is 12.0. The topological polar surface area (TPSA) is 57.6 Å². The molecule has 0 aliphatic rings. The van der Waals surface area contributed by atoms with Crippen LogP contribution in [-0.2, 0) is 4.79 Å². The van der Waals surface area contributed by atoms with Crippen molar-refractivity contribution in [3.8, 4) is 0 Å². The van der Waals surface area contributed by atoms with Gasteiger partial charge < -0.3 is 10.0 Å². The highest BCUT2D eigenvalue weighted by Gasteiger charge is 2.26. The molecule has 0 heterocycles. The van der Waals surface area contributed by atoms with Crippen LogP contribution in [0.5, 0.6) is 0 Å². The van der Waals surface area contributed by atoms with Crippen LogP contribution in [0.2, 0.25) is 5.02 Å². The number of carboxylic acid groups (broad SMARTS) is 1. The Kier molecular flexibility index (Phi) is 4.67. The van der Waals surface area contributed by atoms with Gasteiger partial charge in [-0.1, -0.05) is 18.5 Å². The summed E-state index contributed by atoms with van der Waals surface area (Å²) in [7, 11) is 1.38. The smallest absolute Gasteiger partial charge is 0.326 e. The zero-order chi connectivity index (χ0) is 13.9. The first kappa shape index (κ1) is 14.4. The molecule has 98 valence electrons. The van der Waals surface area contributed by atoms with Gasteiger partial charge in [-0.3, -0.25) is 4.79 Å². The van der Waals surface area contributed by atoms with Crippen LogP contribution in [0, 0.1) is 5.82 Å². The fourth-order valence-corrected chi connectivity index (χ4v) is 1.86. The van der Waals surface area contributed by atoms with Crippen LogP contribution in [0.4, 0.5) is 4.39 Å². The molecule has 1 unspecified atom stereocenters. The molecule has 4 nitrogen and oxygen atoms in total. The molecule has 0 aliphatic heterocycles. The number of carbonyl (C=O) groups excluding carboxylic acids is 1. The minimum atomic E-state index is -1.09. The average molecular weight is 274 g/mol. The van der Waals surface area contributed by atoms with E-state index in [0.29, 0.717) is 0 Å². The SMILES string of the molecule is CCC(C(=O)O)N(C)C(=O)c1ccc(F)cc1Cl. The maximum absolute atomic E-state index is 12.9. The standard InChI is InChI=1S/C12H13ClFNO3/c1-3-10(12(17)18)15(2)11(16)8-5-4-7(14)6-9(8)13/h4-6,10H,3H2,1-2H3,(H,17,18). The van der Waals surface area contributed by atoms with Gasteiger partial charge in [-0.2, -0.15) is 0 Å². The molecule has 1 aromatic carbocycles. The quantitative estimate of drug-likeness (QED) is 0.916. The van der Waals surface area contributed by atoms with E-state index >= 15 is 0 Å². The third kappa shape index (κ3) is 2.98. The van der Waals surface area contributed by atoms with Gasteiger partial charge in [0.1, 0.15) is 11.9 Å². The molecule has 0 saturated heterocycles. The number of hydrogen-bond acceptors (Lipinski definition) is 2. The first-order valence-corrected chi connectivity index (χ1v) is 5.71. The van der Waals surface area contributed by atoms with Crippen molar-refractivity contribution in [2.45, 2.75) is 19.4 Å². The van der Waals surface area contributed by atoms with Crippen molar-refractivity contribution in [3.05, 3.63) is 34.6 Å². The molecular weight excluding hydrogens is 261 g/mol. The summed E-state index contributed by atoms with van der Waals surface area (Å²) in [5, 5.41) is 8.93. The van der Waals surface area contributed by atoms with E-state index in [1.54, 1.807) is 6.92 Å². The maximum atomic E-state index is 12.9. The molecule has 1 aromatic rings. The number of carbonyl (C=O) groups is 2. The van der Waals surface area contributed by atoms with Crippen LogP contribution >= 0.6 is 11.6 Å². The molecule has 6 heteroatoms. The summed E-state index contributed by atoms with van der Waals surface area (Å²) in [5.74, 6) is -2.19. The molecule has 1 N–H and O–H groups in total.